The van der Waals surface area contributed by atoms with Gasteiger partial charge in [0.15, 0.2) is 12.0 Å². The van der Waals surface area contributed by atoms with Crippen LogP contribution in [0.2, 0.25) is 5.02 Å². The molecule has 27 heavy (non-hydrogen) atoms. The quantitative estimate of drug-likeness (QED) is 0.374. The highest BCUT2D eigenvalue weighted by Gasteiger charge is 2.43. The molecule has 1 aliphatic heterocycles. The number of nitrogens with one attached hydrogen (secondary N) is 2. The summed E-state index contributed by atoms with van der Waals surface area (Å²) in [5, 5.41) is 39.1. The van der Waals surface area contributed by atoms with E-state index in [1.165, 1.54) is 6.07 Å². The fourth-order valence-corrected chi connectivity index (χ4v) is 2.77. The van der Waals surface area contributed by atoms with Gasteiger partial charge in [-0.15, -0.1) is 0 Å². The molecule has 1 amide bonds. The van der Waals surface area contributed by atoms with Crippen LogP contribution in [-0.4, -0.2) is 63.6 Å². The second-order valence-electron chi connectivity index (χ2n) is 6.02. The highest BCUT2D eigenvalue weighted by Crippen LogP contribution is 2.24. The normalized spacial score (nSPS) is 28.1. The SMILES string of the molecule is O=C(NN[C@@H]1O[C@H](CO)[C@H](O)[C@H](O)[C@H]1O)c1ccc(-c2ccc(Cl)cc2)o1. The van der Waals surface area contributed by atoms with Crippen LogP contribution in [0.3, 0.4) is 0 Å². The van der Waals surface area contributed by atoms with Crippen LogP contribution in [0, 0.1) is 0 Å². The van der Waals surface area contributed by atoms with E-state index in [0.717, 1.165) is 5.56 Å². The minimum absolute atomic E-state index is 0.00274. The first-order valence-electron chi connectivity index (χ1n) is 8.13. The molecule has 0 aliphatic carbocycles. The number of aliphatic hydroxyl groups is 4. The van der Waals surface area contributed by atoms with Crippen molar-refractivity contribution >= 4 is 17.5 Å². The van der Waals surface area contributed by atoms with Crippen molar-refractivity contribution in [2.45, 2.75) is 30.6 Å². The molecule has 10 heteroatoms. The second kappa shape index (κ2) is 8.36. The molecule has 1 saturated heterocycles. The number of hydrogen-bond acceptors (Lipinski definition) is 8. The van der Waals surface area contributed by atoms with Crippen LogP contribution in [-0.2, 0) is 4.74 Å². The van der Waals surface area contributed by atoms with Gasteiger partial charge in [-0.2, -0.15) is 0 Å². The van der Waals surface area contributed by atoms with Crippen molar-refractivity contribution < 1.29 is 34.4 Å². The van der Waals surface area contributed by atoms with Gasteiger partial charge in [0.1, 0.15) is 30.2 Å². The predicted octanol–water partition coefficient (Wildman–Crippen LogP) is -0.366. The summed E-state index contributed by atoms with van der Waals surface area (Å²) in [4.78, 5) is 12.2. The maximum Gasteiger partial charge on any atom is 0.301 e. The summed E-state index contributed by atoms with van der Waals surface area (Å²) in [5.74, 6) is -0.186. The van der Waals surface area contributed by atoms with Crippen molar-refractivity contribution in [1.82, 2.24) is 10.9 Å². The van der Waals surface area contributed by atoms with Crippen LogP contribution in [0.1, 0.15) is 10.6 Å². The summed E-state index contributed by atoms with van der Waals surface area (Å²) in [6.45, 7) is -0.570. The molecule has 0 spiro atoms. The van der Waals surface area contributed by atoms with Crippen molar-refractivity contribution in [1.29, 1.82) is 0 Å². The van der Waals surface area contributed by atoms with Gasteiger partial charge in [0, 0.05) is 10.6 Å². The summed E-state index contributed by atoms with van der Waals surface area (Å²) in [7, 11) is 0. The van der Waals surface area contributed by atoms with E-state index in [1.807, 2.05) is 0 Å². The number of ether oxygens (including phenoxy) is 1. The van der Waals surface area contributed by atoms with Crippen molar-refractivity contribution in [2.75, 3.05) is 6.61 Å². The Labute approximate surface area is 159 Å². The number of amides is 1. The van der Waals surface area contributed by atoms with Crippen LogP contribution in [0.15, 0.2) is 40.8 Å². The largest absolute Gasteiger partial charge is 0.451 e. The summed E-state index contributed by atoms with van der Waals surface area (Å²) >= 11 is 5.84. The number of halogens is 1. The van der Waals surface area contributed by atoms with Crippen LogP contribution < -0.4 is 10.9 Å². The Balaban J connectivity index is 1.62. The van der Waals surface area contributed by atoms with Gasteiger partial charge in [-0.3, -0.25) is 10.2 Å². The van der Waals surface area contributed by atoms with E-state index >= 15 is 0 Å². The Morgan fingerprint density at radius 1 is 1.04 bits per heavy atom. The molecular weight excluding hydrogens is 380 g/mol. The molecule has 1 fully saturated rings. The highest BCUT2D eigenvalue weighted by molar-refractivity contribution is 6.30. The predicted molar refractivity (Wildman–Crippen MR) is 93.5 cm³/mol. The van der Waals surface area contributed by atoms with Crippen molar-refractivity contribution in [3.63, 3.8) is 0 Å². The van der Waals surface area contributed by atoms with Crippen LogP contribution in [0.5, 0.6) is 0 Å². The highest BCUT2D eigenvalue weighted by atomic mass is 35.5. The molecule has 0 saturated carbocycles. The van der Waals surface area contributed by atoms with Gasteiger partial charge < -0.3 is 29.6 Å². The fourth-order valence-electron chi connectivity index (χ4n) is 2.65. The third-order valence-electron chi connectivity index (χ3n) is 4.18. The van der Waals surface area contributed by atoms with Gasteiger partial charge in [-0.25, -0.2) is 5.43 Å². The van der Waals surface area contributed by atoms with E-state index in [0.29, 0.717) is 10.8 Å². The number of furan rings is 1. The molecular formula is C17H19ClN2O7. The first kappa shape index (κ1) is 19.8. The van der Waals surface area contributed by atoms with Crippen LogP contribution >= 0.6 is 11.6 Å². The van der Waals surface area contributed by atoms with Gasteiger partial charge in [0.05, 0.1) is 6.61 Å². The topological polar surface area (TPSA) is 144 Å². The molecule has 1 aromatic carbocycles. The first-order valence-corrected chi connectivity index (χ1v) is 8.50. The van der Waals surface area contributed by atoms with E-state index in [1.54, 1.807) is 30.3 Å². The average molecular weight is 399 g/mol. The zero-order chi connectivity index (χ0) is 19.6. The van der Waals surface area contributed by atoms with E-state index in [9.17, 15) is 20.1 Å². The van der Waals surface area contributed by atoms with Crippen molar-refractivity contribution in [2.24, 2.45) is 0 Å². The van der Waals surface area contributed by atoms with Gasteiger partial charge >= 0.3 is 5.91 Å². The first-order chi connectivity index (χ1) is 12.9. The monoisotopic (exact) mass is 398 g/mol. The molecule has 3 rings (SSSR count). The second-order valence-corrected chi connectivity index (χ2v) is 6.46. The average Bonchev–Trinajstić information content (AvgIpc) is 3.16. The number of carbonyl (C=O) groups is 1. The zero-order valence-electron chi connectivity index (χ0n) is 13.9. The van der Waals surface area contributed by atoms with Gasteiger partial charge in [0.25, 0.3) is 0 Å². The molecule has 0 unspecified atom stereocenters. The minimum atomic E-state index is -1.55. The Hall–Kier alpha value is -1.98. The molecule has 2 aromatic rings. The smallest absolute Gasteiger partial charge is 0.301 e. The number of hydrogen-bond donors (Lipinski definition) is 6. The Morgan fingerprint density at radius 2 is 1.74 bits per heavy atom. The summed E-state index contributed by atoms with van der Waals surface area (Å²) < 4.78 is 10.7. The molecule has 2 heterocycles. The van der Waals surface area contributed by atoms with E-state index in [-0.39, 0.29) is 5.76 Å². The number of benzene rings is 1. The van der Waals surface area contributed by atoms with Crippen LogP contribution in [0.4, 0.5) is 0 Å². The fraction of sp³-hybridized carbons (Fsp3) is 0.353. The van der Waals surface area contributed by atoms with Gasteiger partial charge in [-0.1, -0.05) is 11.6 Å². The van der Waals surface area contributed by atoms with E-state index < -0.39 is 43.2 Å². The molecule has 0 bridgehead atoms. The minimum Gasteiger partial charge on any atom is -0.451 e. The Bertz CT molecular complexity index is 780. The summed E-state index contributed by atoms with van der Waals surface area (Å²) in [5.41, 5.74) is 5.44. The number of aliphatic hydroxyl groups excluding tert-OH is 4. The van der Waals surface area contributed by atoms with Crippen LogP contribution in [0.25, 0.3) is 11.3 Å². The van der Waals surface area contributed by atoms with E-state index in [2.05, 4.69) is 10.9 Å². The van der Waals surface area contributed by atoms with Crippen molar-refractivity contribution in [3.8, 4) is 11.3 Å². The Morgan fingerprint density at radius 3 is 2.41 bits per heavy atom. The molecule has 9 nitrogen and oxygen atoms in total. The zero-order valence-corrected chi connectivity index (χ0v) is 14.7. The lowest BCUT2D eigenvalue weighted by Gasteiger charge is -2.40. The summed E-state index contributed by atoms with van der Waals surface area (Å²) in [6, 6.07) is 9.96. The Kier molecular flexibility index (Phi) is 6.12. The lowest BCUT2D eigenvalue weighted by molar-refractivity contribution is -0.238. The maximum atomic E-state index is 12.2. The molecule has 1 aromatic heterocycles. The molecule has 0 radical (unpaired) electrons. The molecule has 146 valence electrons. The van der Waals surface area contributed by atoms with Gasteiger partial charge in [-0.05, 0) is 36.4 Å². The third-order valence-corrected chi connectivity index (χ3v) is 4.43. The third kappa shape index (κ3) is 4.30. The van der Waals surface area contributed by atoms with Crippen molar-refractivity contribution in [3.05, 3.63) is 47.2 Å². The lowest BCUT2D eigenvalue weighted by atomic mass is 9.99. The number of hydrazine groups is 1. The molecule has 1 aliphatic rings. The molecule has 6 N–H and O–H groups in total. The number of rotatable bonds is 5. The lowest BCUT2D eigenvalue weighted by Crippen LogP contribution is -2.64. The maximum absolute atomic E-state index is 12.2. The standard InChI is InChI=1S/C17H19ClN2O7/c18-9-3-1-8(2-4-9)10-5-6-11(26-10)16(25)19-20-17-15(24)14(23)13(22)12(7-21)27-17/h1-6,12-15,17,20-24H,7H2,(H,19,25)/t12-,13+,14+,15-,17-/m1/s1. The van der Waals surface area contributed by atoms with Gasteiger partial charge in [0.2, 0.25) is 0 Å². The van der Waals surface area contributed by atoms with E-state index in [4.69, 9.17) is 25.9 Å². The summed E-state index contributed by atoms with van der Waals surface area (Å²) in [6.07, 6.45) is -6.88. The molecule has 5 atom stereocenters. The number of carbonyl (C=O) groups excluding carboxylic acids is 1.